The van der Waals surface area contributed by atoms with E-state index < -0.39 is 67.3 Å². The summed E-state index contributed by atoms with van der Waals surface area (Å²) in [4.78, 5) is 71.0. The van der Waals surface area contributed by atoms with Gasteiger partial charge in [0.1, 0.15) is 12.1 Å². The van der Waals surface area contributed by atoms with Crippen LogP contribution in [-0.4, -0.2) is 90.1 Å². The SMILES string of the molecule is C=CCNC(=O)C(=O)C(CC1CC1)NC(=O)C1C2C(CN1C(=O)[C@@H](NC(=O)NC1(CS(=O)(=O)C(C)(C)CC)CCCCC1)C1(C)CCCCC1)C2(C)C. The van der Waals surface area contributed by atoms with Crippen LogP contribution < -0.4 is 21.3 Å². The van der Waals surface area contributed by atoms with Crippen LogP contribution in [0.25, 0.3) is 0 Å². The van der Waals surface area contributed by atoms with Crippen LogP contribution in [0.15, 0.2) is 12.7 Å². The molecule has 4 unspecified atom stereocenters. The number of fused-ring (bicyclic) bond motifs is 1. The third kappa shape index (κ3) is 8.80. The summed E-state index contributed by atoms with van der Waals surface area (Å²) < 4.78 is 26.4. The number of carbonyl (C=O) groups excluding carboxylic acids is 5. The molecule has 1 heterocycles. The minimum atomic E-state index is -3.58. The molecule has 0 radical (unpaired) electrons. The smallest absolute Gasteiger partial charge is 0.315 e. The predicted octanol–water partition coefficient (Wildman–Crippen LogP) is 4.57. The first-order valence-electron chi connectivity index (χ1n) is 20.2. The van der Waals surface area contributed by atoms with E-state index in [0.717, 1.165) is 51.4 Å². The van der Waals surface area contributed by atoms with Crippen LogP contribution in [0, 0.1) is 28.6 Å². The normalized spacial score (nSPS) is 27.0. The molecule has 13 heteroatoms. The molecule has 5 aliphatic rings. The quantitative estimate of drug-likeness (QED) is 0.132. The molecule has 0 spiro atoms. The summed E-state index contributed by atoms with van der Waals surface area (Å²) in [7, 11) is -3.58. The number of hydrogen-bond acceptors (Lipinski definition) is 7. The lowest BCUT2D eigenvalue weighted by Gasteiger charge is -2.44. The Labute approximate surface area is 317 Å². The molecule has 12 nitrogen and oxygen atoms in total. The number of urea groups is 1. The Bertz CT molecular complexity index is 1540. The molecule has 0 aromatic heterocycles. The van der Waals surface area contributed by atoms with Gasteiger partial charge in [-0.3, -0.25) is 19.2 Å². The summed E-state index contributed by atoms with van der Waals surface area (Å²) in [6.45, 7) is 15.6. The number of carbonyl (C=O) groups is 5. The van der Waals surface area contributed by atoms with E-state index in [2.05, 4.69) is 41.7 Å². The number of nitrogens with one attached hydrogen (secondary N) is 4. The second-order valence-electron chi connectivity index (χ2n) is 18.5. The highest BCUT2D eigenvalue weighted by molar-refractivity contribution is 7.92. The van der Waals surface area contributed by atoms with Crippen molar-refractivity contribution >= 4 is 39.4 Å². The van der Waals surface area contributed by atoms with Crippen molar-refractivity contribution in [2.75, 3.05) is 18.8 Å². The second kappa shape index (κ2) is 15.6. The van der Waals surface area contributed by atoms with Gasteiger partial charge in [0.15, 0.2) is 9.84 Å². The van der Waals surface area contributed by atoms with E-state index >= 15 is 0 Å². The Morgan fingerprint density at radius 1 is 0.925 bits per heavy atom. The van der Waals surface area contributed by atoms with Crippen LogP contribution in [0.4, 0.5) is 4.79 Å². The van der Waals surface area contributed by atoms with Crippen LogP contribution in [0.3, 0.4) is 0 Å². The summed E-state index contributed by atoms with van der Waals surface area (Å²) in [5, 5.41) is 11.6. The minimum Gasteiger partial charge on any atom is -0.346 e. The van der Waals surface area contributed by atoms with Crippen LogP contribution in [0.2, 0.25) is 0 Å². The van der Waals surface area contributed by atoms with Gasteiger partial charge in [-0.1, -0.05) is 85.1 Å². The van der Waals surface area contributed by atoms with Crippen molar-refractivity contribution in [1.29, 1.82) is 0 Å². The molecule has 0 aromatic rings. The number of Topliss-reactive ketones (excluding diaryl/α,β-unsaturated/α-hetero) is 1. The van der Waals surface area contributed by atoms with Gasteiger partial charge in [0, 0.05) is 13.1 Å². The van der Waals surface area contributed by atoms with Gasteiger partial charge in [-0.15, -0.1) is 6.58 Å². The van der Waals surface area contributed by atoms with Crippen molar-refractivity contribution in [3.63, 3.8) is 0 Å². The number of amides is 5. The summed E-state index contributed by atoms with van der Waals surface area (Å²) >= 11 is 0. The molecular weight excluding hydrogens is 695 g/mol. The van der Waals surface area contributed by atoms with Crippen molar-refractivity contribution in [3.05, 3.63) is 12.7 Å². The maximum Gasteiger partial charge on any atom is 0.315 e. The molecule has 4 saturated carbocycles. The number of hydrogen-bond donors (Lipinski definition) is 4. The summed E-state index contributed by atoms with van der Waals surface area (Å²) in [6.07, 6.45) is 12.0. The molecule has 0 bridgehead atoms. The molecule has 1 saturated heterocycles. The first kappa shape index (κ1) is 41.2. The van der Waals surface area contributed by atoms with Gasteiger partial charge in [0.05, 0.1) is 22.1 Å². The Morgan fingerprint density at radius 2 is 1.53 bits per heavy atom. The van der Waals surface area contributed by atoms with Crippen molar-refractivity contribution in [2.45, 2.75) is 160 Å². The molecule has 0 aromatic carbocycles. The highest BCUT2D eigenvalue weighted by Gasteiger charge is 2.70. The van der Waals surface area contributed by atoms with E-state index in [0.29, 0.717) is 45.1 Å². The summed E-state index contributed by atoms with van der Waals surface area (Å²) in [5.41, 5.74) is -1.73. The third-order valence-corrected chi connectivity index (χ3v) is 16.8. The lowest BCUT2D eigenvalue weighted by atomic mass is 9.70. The van der Waals surface area contributed by atoms with Crippen molar-refractivity contribution in [3.8, 4) is 0 Å². The molecule has 1 aliphatic heterocycles. The average molecular weight is 760 g/mol. The molecule has 4 N–H and O–H groups in total. The van der Waals surface area contributed by atoms with Gasteiger partial charge in [-0.25, -0.2) is 13.2 Å². The number of rotatable bonds is 16. The largest absolute Gasteiger partial charge is 0.346 e. The highest BCUT2D eigenvalue weighted by atomic mass is 32.2. The van der Waals surface area contributed by atoms with Gasteiger partial charge >= 0.3 is 6.03 Å². The van der Waals surface area contributed by atoms with Gasteiger partial charge in [-0.2, -0.15) is 0 Å². The molecule has 53 heavy (non-hydrogen) atoms. The zero-order valence-electron chi connectivity index (χ0n) is 33.0. The highest BCUT2D eigenvalue weighted by Crippen LogP contribution is 2.65. The van der Waals surface area contributed by atoms with E-state index in [9.17, 15) is 32.4 Å². The first-order chi connectivity index (χ1) is 24.8. The van der Waals surface area contributed by atoms with E-state index in [1.807, 2.05) is 13.8 Å². The van der Waals surface area contributed by atoms with Crippen molar-refractivity contribution in [2.24, 2.45) is 28.6 Å². The number of nitrogens with zero attached hydrogens (tertiary/aromatic N) is 1. The summed E-state index contributed by atoms with van der Waals surface area (Å²) in [6, 6.07) is -3.38. The molecule has 5 rings (SSSR count). The van der Waals surface area contributed by atoms with Crippen LogP contribution in [0.1, 0.15) is 131 Å². The standard InChI is InChI=1S/C40H65N5O7S/c1-8-22-41-34(48)31(46)28(23-26-16-17-26)42-33(47)30-29-27(38(29,5)6)24-45(30)35(49)32(39(7)18-12-10-13-19-39)43-36(50)44-40(20-14-11-15-21-40)25-53(51,52)37(3,4)9-2/h8,26-30,32H,1,9-25H2,2-7H3,(H,41,48)(H,42,47)(H2,43,44,50)/t27?,28?,29?,30?,32-/m1/s1. The molecule has 5 amide bonds. The van der Waals surface area contributed by atoms with E-state index in [-0.39, 0.29) is 41.4 Å². The Kier molecular flexibility index (Phi) is 12.2. The van der Waals surface area contributed by atoms with E-state index in [1.54, 1.807) is 18.7 Å². The fraction of sp³-hybridized carbons (Fsp3) is 0.825. The molecule has 5 atom stereocenters. The minimum absolute atomic E-state index is 0.0712. The molecule has 5 fully saturated rings. The van der Waals surface area contributed by atoms with Crippen LogP contribution in [-0.2, 0) is 29.0 Å². The fourth-order valence-electron chi connectivity index (χ4n) is 9.47. The lowest BCUT2D eigenvalue weighted by molar-refractivity contribution is -0.146. The van der Waals surface area contributed by atoms with Crippen LogP contribution >= 0.6 is 0 Å². The third-order valence-electron chi connectivity index (χ3n) is 13.9. The van der Waals surface area contributed by atoms with Crippen LogP contribution in [0.5, 0.6) is 0 Å². The number of piperidine rings is 1. The maximum absolute atomic E-state index is 14.9. The maximum atomic E-state index is 14.9. The lowest BCUT2D eigenvalue weighted by Crippen LogP contribution is -2.65. The fourth-order valence-corrected chi connectivity index (χ4v) is 11.4. The molecule has 298 valence electrons. The summed E-state index contributed by atoms with van der Waals surface area (Å²) in [5.74, 6) is -2.25. The van der Waals surface area contributed by atoms with Gasteiger partial charge in [-0.05, 0) is 81.0 Å². The first-order valence-corrected chi connectivity index (χ1v) is 21.8. The Balaban J connectivity index is 1.40. The number of sulfone groups is 1. The van der Waals surface area contributed by atoms with Crippen molar-refractivity contribution < 1.29 is 32.4 Å². The van der Waals surface area contributed by atoms with Crippen molar-refractivity contribution in [1.82, 2.24) is 26.2 Å². The predicted molar refractivity (Wildman–Crippen MR) is 204 cm³/mol. The van der Waals surface area contributed by atoms with Gasteiger partial charge < -0.3 is 26.2 Å². The second-order valence-corrected chi connectivity index (χ2v) is 21.1. The van der Waals surface area contributed by atoms with Gasteiger partial charge in [0.25, 0.3) is 5.91 Å². The molecular formula is C40H65N5O7S. The Morgan fingerprint density at radius 3 is 2.09 bits per heavy atom. The van der Waals surface area contributed by atoms with E-state index in [4.69, 9.17) is 0 Å². The number of ketones is 1. The Hall–Kier alpha value is -2.96. The number of likely N-dealkylation sites (tertiary alicyclic amines) is 1. The van der Waals surface area contributed by atoms with Gasteiger partial charge in [0.2, 0.25) is 17.6 Å². The average Bonchev–Trinajstić information content (AvgIpc) is 3.96. The molecule has 4 aliphatic carbocycles. The zero-order chi connectivity index (χ0) is 39.0. The monoisotopic (exact) mass is 759 g/mol. The topological polar surface area (TPSA) is 171 Å². The van der Waals surface area contributed by atoms with E-state index in [1.165, 1.54) is 6.08 Å². The zero-order valence-corrected chi connectivity index (χ0v) is 33.8.